The van der Waals surface area contributed by atoms with Crippen molar-refractivity contribution < 1.29 is 8.42 Å². The second-order valence-electron chi connectivity index (χ2n) is 8.51. The van der Waals surface area contributed by atoms with Crippen molar-refractivity contribution in [1.29, 1.82) is 0 Å². The van der Waals surface area contributed by atoms with Gasteiger partial charge >= 0.3 is 0 Å². The Hall–Kier alpha value is -4.87. The molecule has 3 aromatic heterocycles. The first-order valence-electron chi connectivity index (χ1n) is 12.1. The number of nitrogens with one attached hydrogen (secondary N) is 3. The van der Waals surface area contributed by atoms with Crippen molar-refractivity contribution >= 4 is 33.2 Å². The van der Waals surface area contributed by atoms with Gasteiger partial charge in [-0.3, -0.25) is 10.4 Å². The number of hydrogen-bond acceptors (Lipinski definition) is 8. The molecule has 5 rings (SSSR count). The summed E-state index contributed by atoms with van der Waals surface area (Å²) in [5.74, 6) is 1.52. The Bertz CT molecular complexity index is 1700. The maximum Gasteiger partial charge on any atom is 0.240 e. The van der Waals surface area contributed by atoms with Crippen LogP contribution in [-0.2, 0) is 10.0 Å². The molecule has 0 aliphatic rings. The lowest BCUT2D eigenvalue weighted by molar-refractivity contribution is 0.588. The van der Waals surface area contributed by atoms with Crippen molar-refractivity contribution in [2.45, 2.75) is 11.8 Å². The second kappa shape index (κ2) is 11.3. The molecule has 0 radical (unpaired) electrons. The van der Waals surface area contributed by atoms with E-state index in [0.29, 0.717) is 23.3 Å². The summed E-state index contributed by atoms with van der Waals surface area (Å²) in [6, 6.07) is 23.9. The van der Waals surface area contributed by atoms with E-state index in [1.807, 2.05) is 72.4 Å². The minimum absolute atomic E-state index is 0.185. The quantitative estimate of drug-likeness (QED) is 0.181. The summed E-state index contributed by atoms with van der Waals surface area (Å²) >= 11 is 0. The molecule has 0 saturated heterocycles. The molecule has 0 unspecified atom stereocenters. The molecular formula is C28H26N8O2S. The Morgan fingerprint density at radius 1 is 0.897 bits per heavy atom. The number of benzene rings is 2. The van der Waals surface area contributed by atoms with Crippen LogP contribution in [0.2, 0.25) is 0 Å². The molecule has 0 amide bonds. The van der Waals surface area contributed by atoms with E-state index in [0.717, 1.165) is 22.4 Å². The van der Waals surface area contributed by atoms with E-state index >= 15 is 0 Å². The van der Waals surface area contributed by atoms with Gasteiger partial charge in [0.1, 0.15) is 5.82 Å². The Balaban J connectivity index is 1.44. The Morgan fingerprint density at radius 3 is 2.36 bits per heavy atom. The summed E-state index contributed by atoms with van der Waals surface area (Å²) in [4.78, 5) is 13.6. The van der Waals surface area contributed by atoms with Gasteiger partial charge in [-0.2, -0.15) is 15.1 Å². The fourth-order valence-electron chi connectivity index (χ4n) is 3.78. The Labute approximate surface area is 226 Å². The minimum atomic E-state index is -3.51. The molecule has 11 heteroatoms. The summed E-state index contributed by atoms with van der Waals surface area (Å²) in [6.45, 7) is 1.83. The van der Waals surface area contributed by atoms with Crippen LogP contribution in [0.1, 0.15) is 12.5 Å². The summed E-state index contributed by atoms with van der Waals surface area (Å²) in [6.07, 6.45) is 7.44. The number of nitrogens with zero attached hydrogens (tertiary/aromatic N) is 5. The largest absolute Gasteiger partial charge is 0.324 e. The van der Waals surface area contributed by atoms with E-state index in [1.54, 1.807) is 30.6 Å². The highest BCUT2D eigenvalue weighted by Crippen LogP contribution is 2.23. The summed E-state index contributed by atoms with van der Waals surface area (Å²) in [5, 5.41) is 7.72. The van der Waals surface area contributed by atoms with Gasteiger partial charge in [0.25, 0.3) is 0 Å². The van der Waals surface area contributed by atoms with Gasteiger partial charge in [-0.15, -0.1) is 0 Å². The number of pyridine rings is 1. The van der Waals surface area contributed by atoms with Crippen molar-refractivity contribution in [2.24, 2.45) is 5.10 Å². The van der Waals surface area contributed by atoms with Crippen molar-refractivity contribution in [3.8, 4) is 16.9 Å². The normalized spacial score (nSPS) is 11.8. The molecule has 196 valence electrons. The van der Waals surface area contributed by atoms with Crippen LogP contribution in [-0.4, -0.2) is 40.7 Å². The smallest absolute Gasteiger partial charge is 0.240 e. The first kappa shape index (κ1) is 25.8. The summed E-state index contributed by atoms with van der Waals surface area (Å²) in [5.41, 5.74) is 7.36. The van der Waals surface area contributed by atoms with Crippen LogP contribution < -0.4 is 15.5 Å². The maximum atomic E-state index is 12.0. The van der Waals surface area contributed by atoms with Gasteiger partial charge in [0.15, 0.2) is 5.82 Å². The van der Waals surface area contributed by atoms with Gasteiger partial charge in [-0.25, -0.2) is 13.1 Å². The molecule has 0 spiro atoms. The van der Waals surface area contributed by atoms with E-state index in [4.69, 9.17) is 4.98 Å². The van der Waals surface area contributed by atoms with E-state index in [-0.39, 0.29) is 4.90 Å². The predicted octanol–water partition coefficient (Wildman–Crippen LogP) is 4.82. The highest BCUT2D eigenvalue weighted by atomic mass is 32.2. The highest BCUT2D eigenvalue weighted by molar-refractivity contribution is 7.89. The van der Waals surface area contributed by atoms with Gasteiger partial charge in [0, 0.05) is 36.5 Å². The number of anilines is 3. The lowest BCUT2D eigenvalue weighted by Crippen LogP contribution is -2.18. The predicted molar refractivity (Wildman–Crippen MR) is 153 cm³/mol. The zero-order valence-corrected chi connectivity index (χ0v) is 22.1. The van der Waals surface area contributed by atoms with E-state index in [2.05, 4.69) is 30.5 Å². The Kier molecular flexibility index (Phi) is 7.43. The second-order valence-corrected chi connectivity index (χ2v) is 10.4. The zero-order valence-electron chi connectivity index (χ0n) is 21.3. The van der Waals surface area contributed by atoms with Crippen LogP contribution in [0.4, 0.5) is 17.5 Å². The molecule has 2 aromatic carbocycles. The molecule has 0 bridgehead atoms. The van der Waals surface area contributed by atoms with E-state index in [9.17, 15) is 8.42 Å². The van der Waals surface area contributed by atoms with E-state index in [1.165, 1.54) is 19.2 Å². The van der Waals surface area contributed by atoms with Crippen molar-refractivity contribution in [1.82, 2.24) is 24.2 Å². The average molecular weight is 539 g/mol. The van der Waals surface area contributed by atoms with Crippen LogP contribution in [0.15, 0.2) is 114 Å². The fraction of sp³-hybridized carbons (Fsp3) is 0.0714. The molecule has 3 N–H and O–H groups in total. The van der Waals surface area contributed by atoms with Crippen molar-refractivity contribution in [2.75, 3.05) is 17.8 Å². The van der Waals surface area contributed by atoms with Crippen LogP contribution in [0, 0.1) is 0 Å². The van der Waals surface area contributed by atoms with Crippen LogP contribution in [0.5, 0.6) is 0 Å². The van der Waals surface area contributed by atoms with Gasteiger partial charge in [-0.1, -0.05) is 30.3 Å². The molecule has 5 aromatic rings. The van der Waals surface area contributed by atoms with Crippen LogP contribution >= 0.6 is 0 Å². The van der Waals surface area contributed by atoms with Crippen LogP contribution in [0.3, 0.4) is 0 Å². The molecule has 0 fully saturated rings. The first-order chi connectivity index (χ1) is 18.9. The number of hydrogen-bond donors (Lipinski definition) is 3. The summed E-state index contributed by atoms with van der Waals surface area (Å²) < 4.78 is 28.2. The van der Waals surface area contributed by atoms with E-state index < -0.39 is 10.0 Å². The standard InChI is InChI=1S/C28H26N8O2S/c1-20(21-8-10-25(11-9-21)39(37,38)29-2)34-35-26-18-27(33-28(32-26)31-24-6-4-3-5-7-24)36-17-14-23(19-36)22-12-15-30-16-13-22/h3-19,29H,1-2H3,(H2,31,32,33,35). The molecule has 0 aliphatic carbocycles. The number of para-hydroxylation sites is 1. The van der Waals surface area contributed by atoms with Gasteiger partial charge in [0.2, 0.25) is 16.0 Å². The lowest BCUT2D eigenvalue weighted by Gasteiger charge is -2.11. The van der Waals surface area contributed by atoms with Gasteiger partial charge in [0.05, 0.1) is 10.6 Å². The maximum absolute atomic E-state index is 12.0. The molecule has 0 atom stereocenters. The molecule has 3 heterocycles. The Morgan fingerprint density at radius 2 is 1.64 bits per heavy atom. The fourth-order valence-corrected chi connectivity index (χ4v) is 4.51. The molecule has 0 saturated carbocycles. The number of aromatic nitrogens is 4. The molecule has 0 aliphatic heterocycles. The van der Waals surface area contributed by atoms with Crippen molar-refractivity contribution in [3.63, 3.8) is 0 Å². The number of rotatable bonds is 9. The SMILES string of the molecule is CNS(=O)(=O)c1ccc(C(C)=NNc2cc(-n3ccc(-c4ccncc4)c3)nc(Nc3ccccc3)n2)cc1. The topological polar surface area (TPSA) is 126 Å². The molecule has 10 nitrogen and oxygen atoms in total. The third kappa shape index (κ3) is 6.17. The third-order valence-corrected chi connectivity index (χ3v) is 7.33. The average Bonchev–Trinajstić information content (AvgIpc) is 3.48. The van der Waals surface area contributed by atoms with Gasteiger partial charge in [-0.05, 0) is 73.1 Å². The third-order valence-electron chi connectivity index (χ3n) is 5.90. The number of sulfonamides is 1. The van der Waals surface area contributed by atoms with Crippen LogP contribution in [0.25, 0.3) is 16.9 Å². The zero-order chi connectivity index (χ0) is 27.2. The summed E-state index contributed by atoms with van der Waals surface area (Å²) in [7, 11) is -2.13. The minimum Gasteiger partial charge on any atom is -0.324 e. The monoisotopic (exact) mass is 538 g/mol. The first-order valence-corrected chi connectivity index (χ1v) is 13.5. The highest BCUT2D eigenvalue weighted by Gasteiger charge is 2.12. The lowest BCUT2D eigenvalue weighted by atomic mass is 10.1. The molecule has 39 heavy (non-hydrogen) atoms. The van der Waals surface area contributed by atoms with Gasteiger partial charge < -0.3 is 9.88 Å². The molecular weight excluding hydrogens is 512 g/mol. The van der Waals surface area contributed by atoms with Crippen molar-refractivity contribution in [3.05, 3.63) is 109 Å². The number of hydrazone groups is 1.